The predicted molar refractivity (Wildman–Crippen MR) is 94.5 cm³/mol. The van der Waals surface area contributed by atoms with Crippen LogP contribution in [-0.2, 0) is 15.6 Å². The molecule has 0 heterocycles. The van der Waals surface area contributed by atoms with E-state index in [4.69, 9.17) is 0 Å². The Labute approximate surface area is 142 Å². The molecule has 1 aliphatic rings. The molecule has 0 aliphatic heterocycles. The smallest absolute Gasteiger partial charge is 0.255 e. The molecule has 0 saturated heterocycles. The molecular formula is C18H18N2O3S. The van der Waals surface area contributed by atoms with Crippen molar-refractivity contribution in [3.8, 4) is 0 Å². The number of hydrogen-bond donors (Lipinski definition) is 2. The highest BCUT2D eigenvalue weighted by molar-refractivity contribution is 7.84. The van der Waals surface area contributed by atoms with Gasteiger partial charge in [0.05, 0.1) is 0 Å². The lowest BCUT2D eigenvalue weighted by Gasteiger charge is -2.09. The number of nitrogens with one attached hydrogen (secondary N) is 2. The molecule has 2 aromatic carbocycles. The van der Waals surface area contributed by atoms with Crippen LogP contribution in [0.5, 0.6) is 0 Å². The van der Waals surface area contributed by atoms with Gasteiger partial charge in [0.1, 0.15) is 0 Å². The average molecular weight is 342 g/mol. The maximum Gasteiger partial charge on any atom is 0.255 e. The first kappa shape index (κ1) is 16.4. The third kappa shape index (κ3) is 4.08. The molecule has 2 amide bonds. The van der Waals surface area contributed by atoms with Crippen LogP contribution in [0.3, 0.4) is 0 Å². The van der Waals surface area contributed by atoms with Gasteiger partial charge in [-0.25, -0.2) is 0 Å². The summed E-state index contributed by atoms with van der Waals surface area (Å²) in [4.78, 5) is 24.7. The lowest BCUT2D eigenvalue weighted by atomic mass is 10.2. The SMILES string of the molecule is CS(=O)c1ccc(C(=O)Nc2cccc(NC(=O)C3CC3)c2)cc1. The third-order valence-corrected chi connectivity index (χ3v) is 4.72. The second-order valence-electron chi connectivity index (χ2n) is 5.78. The minimum Gasteiger partial charge on any atom is -0.326 e. The number of amides is 2. The molecule has 124 valence electrons. The number of carbonyl (C=O) groups excluding carboxylic acids is 2. The molecule has 2 N–H and O–H groups in total. The Bertz CT molecular complexity index is 798. The molecule has 0 spiro atoms. The molecule has 0 radical (unpaired) electrons. The van der Waals surface area contributed by atoms with Crippen molar-refractivity contribution < 1.29 is 13.8 Å². The molecule has 3 rings (SSSR count). The zero-order valence-electron chi connectivity index (χ0n) is 13.2. The van der Waals surface area contributed by atoms with E-state index in [0.29, 0.717) is 21.8 Å². The van der Waals surface area contributed by atoms with Crippen molar-refractivity contribution in [3.63, 3.8) is 0 Å². The molecule has 1 fully saturated rings. The Morgan fingerprint density at radius 3 is 2.21 bits per heavy atom. The van der Waals surface area contributed by atoms with Gasteiger partial charge in [-0.2, -0.15) is 0 Å². The van der Waals surface area contributed by atoms with Crippen molar-refractivity contribution in [2.75, 3.05) is 16.9 Å². The maximum atomic E-state index is 12.3. The summed E-state index contributed by atoms with van der Waals surface area (Å²) in [6.07, 6.45) is 3.48. The fourth-order valence-electron chi connectivity index (χ4n) is 2.27. The molecule has 1 aliphatic carbocycles. The Balaban J connectivity index is 1.67. The van der Waals surface area contributed by atoms with Crippen LogP contribution in [0.1, 0.15) is 23.2 Å². The molecule has 24 heavy (non-hydrogen) atoms. The Morgan fingerprint density at radius 1 is 1.00 bits per heavy atom. The van der Waals surface area contributed by atoms with Crippen molar-refractivity contribution >= 4 is 34.0 Å². The molecular weight excluding hydrogens is 324 g/mol. The van der Waals surface area contributed by atoms with Gasteiger partial charge in [-0.1, -0.05) is 6.07 Å². The lowest BCUT2D eigenvalue weighted by molar-refractivity contribution is -0.117. The average Bonchev–Trinajstić information content (AvgIpc) is 3.40. The molecule has 0 bridgehead atoms. The topological polar surface area (TPSA) is 75.3 Å². The largest absolute Gasteiger partial charge is 0.326 e. The normalized spacial score (nSPS) is 14.7. The summed E-state index contributed by atoms with van der Waals surface area (Å²) in [6.45, 7) is 0. The number of rotatable bonds is 5. The highest BCUT2D eigenvalue weighted by Crippen LogP contribution is 2.30. The van der Waals surface area contributed by atoms with Crippen molar-refractivity contribution in [1.82, 2.24) is 0 Å². The number of hydrogen-bond acceptors (Lipinski definition) is 3. The summed E-state index contributed by atoms with van der Waals surface area (Å²) >= 11 is 0. The predicted octanol–water partition coefficient (Wildman–Crippen LogP) is 3.02. The Morgan fingerprint density at radius 2 is 1.62 bits per heavy atom. The Hall–Kier alpha value is -2.47. The van der Waals surface area contributed by atoms with Gasteiger partial charge in [-0.15, -0.1) is 0 Å². The van der Waals surface area contributed by atoms with Crippen LogP contribution in [0.25, 0.3) is 0 Å². The minimum atomic E-state index is -1.07. The fourth-order valence-corrected chi connectivity index (χ4v) is 2.79. The summed E-state index contributed by atoms with van der Waals surface area (Å²) in [5.74, 6) is -0.0957. The second kappa shape index (κ2) is 6.97. The molecule has 1 unspecified atom stereocenters. The van der Waals surface area contributed by atoms with Crippen molar-refractivity contribution in [3.05, 3.63) is 54.1 Å². The van der Waals surface area contributed by atoms with Crippen molar-refractivity contribution in [2.24, 2.45) is 5.92 Å². The lowest BCUT2D eigenvalue weighted by Crippen LogP contribution is -2.14. The quantitative estimate of drug-likeness (QED) is 0.877. The number of carbonyl (C=O) groups is 2. The molecule has 2 aromatic rings. The summed E-state index contributed by atoms with van der Waals surface area (Å²) in [6, 6.07) is 13.7. The van der Waals surface area contributed by atoms with E-state index >= 15 is 0 Å². The van der Waals surface area contributed by atoms with E-state index in [1.54, 1.807) is 54.8 Å². The van der Waals surface area contributed by atoms with Crippen LogP contribution in [0, 0.1) is 5.92 Å². The molecule has 6 heteroatoms. The zero-order valence-corrected chi connectivity index (χ0v) is 14.1. The van der Waals surface area contributed by atoms with Crippen LogP contribution in [0.2, 0.25) is 0 Å². The first-order valence-corrected chi connectivity index (χ1v) is 9.24. The van der Waals surface area contributed by atoms with Gasteiger partial charge in [0.15, 0.2) is 0 Å². The van der Waals surface area contributed by atoms with Gasteiger partial charge < -0.3 is 10.6 Å². The highest BCUT2D eigenvalue weighted by Gasteiger charge is 2.29. The van der Waals surface area contributed by atoms with E-state index in [0.717, 1.165) is 12.8 Å². The fraction of sp³-hybridized carbons (Fsp3) is 0.222. The Kier molecular flexibility index (Phi) is 4.76. The molecule has 5 nitrogen and oxygen atoms in total. The first-order chi connectivity index (χ1) is 11.5. The van der Waals surface area contributed by atoms with E-state index in [-0.39, 0.29) is 17.7 Å². The zero-order chi connectivity index (χ0) is 17.1. The van der Waals surface area contributed by atoms with E-state index in [9.17, 15) is 13.8 Å². The number of anilines is 2. The highest BCUT2D eigenvalue weighted by atomic mass is 32.2. The van der Waals surface area contributed by atoms with E-state index in [1.807, 2.05) is 0 Å². The van der Waals surface area contributed by atoms with Gasteiger partial charge in [-0.05, 0) is 55.3 Å². The van der Waals surface area contributed by atoms with Crippen LogP contribution in [0.4, 0.5) is 11.4 Å². The van der Waals surface area contributed by atoms with E-state index in [1.165, 1.54) is 0 Å². The van der Waals surface area contributed by atoms with Gasteiger partial charge in [-0.3, -0.25) is 13.8 Å². The molecule has 1 saturated carbocycles. The monoisotopic (exact) mass is 342 g/mol. The second-order valence-corrected chi connectivity index (χ2v) is 7.16. The van der Waals surface area contributed by atoms with Crippen molar-refractivity contribution in [1.29, 1.82) is 0 Å². The summed E-state index contributed by atoms with van der Waals surface area (Å²) in [7, 11) is -1.07. The molecule has 0 aromatic heterocycles. The minimum absolute atomic E-state index is 0.0293. The van der Waals surface area contributed by atoms with E-state index < -0.39 is 10.8 Å². The van der Waals surface area contributed by atoms with Gasteiger partial charge in [0.2, 0.25) is 5.91 Å². The first-order valence-electron chi connectivity index (χ1n) is 7.69. The van der Waals surface area contributed by atoms with Gasteiger partial charge in [0, 0.05) is 44.8 Å². The van der Waals surface area contributed by atoms with Crippen LogP contribution >= 0.6 is 0 Å². The van der Waals surface area contributed by atoms with Crippen molar-refractivity contribution in [2.45, 2.75) is 17.7 Å². The van der Waals surface area contributed by atoms with Crippen LogP contribution in [0.15, 0.2) is 53.4 Å². The third-order valence-electron chi connectivity index (χ3n) is 3.78. The van der Waals surface area contributed by atoms with Crippen LogP contribution < -0.4 is 10.6 Å². The van der Waals surface area contributed by atoms with Gasteiger partial charge >= 0.3 is 0 Å². The summed E-state index contributed by atoms with van der Waals surface area (Å²) in [5, 5.41) is 5.65. The molecule has 1 atom stereocenters. The summed E-state index contributed by atoms with van der Waals surface area (Å²) in [5.41, 5.74) is 1.76. The number of benzene rings is 2. The summed E-state index contributed by atoms with van der Waals surface area (Å²) < 4.78 is 11.4. The van der Waals surface area contributed by atoms with Gasteiger partial charge in [0.25, 0.3) is 5.91 Å². The maximum absolute atomic E-state index is 12.3. The van der Waals surface area contributed by atoms with E-state index in [2.05, 4.69) is 10.6 Å². The standard InChI is InChI=1S/C18H18N2O3S/c1-24(23)16-9-7-13(8-10-16)18(22)20-15-4-2-3-14(11-15)19-17(21)12-5-6-12/h2-4,7-12H,5-6H2,1H3,(H,19,21)(H,20,22). The van der Waals surface area contributed by atoms with Crippen LogP contribution in [-0.4, -0.2) is 22.3 Å².